The van der Waals surface area contributed by atoms with Crippen LogP contribution >= 0.6 is 0 Å². The molecule has 28 heavy (non-hydrogen) atoms. The van der Waals surface area contributed by atoms with Gasteiger partial charge in [0.2, 0.25) is 0 Å². The van der Waals surface area contributed by atoms with E-state index < -0.39 is 0 Å². The number of carbonyl (C=O) groups excluding carboxylic acids is 1. The zero-order valence-corrected chi connectivity index (χ0v) is 16.1. The number of rotatable bonds is 3. The number of hydrogen-bond acceptors (Lipinski definition) is 5. The molecule has 1 saturated heterocycles. The predicted octanol–water partition coefficient (Wildman–Crippen LogP) is 2.32. The van der Waals surface area contributed by atoms with Gasteiger partial charge in [-0.05, 0) is 43.4 Å². The van der Waals surface area contributed by atoms with Crippen molar-refractivity contribution in [3.05, 3.63) is 47.8 Å². The Hall–Kier alpha value is -3.03. The number of likely N-dealkylation sites (tertiary alicyclic amines) is 1. The largest absolute Gasteiger partial charge is 0.336 e. The molecule has 8 heteroatoms. The van der Waals surface area contributed by atoms with Crippen molar-refractivity contribution in [3.63, 3.8) is 0 Å². The van der Waals surface area contributed by atoms with Crippen molar-refractivity contribution in [1.82, 2.24) is 34.8 Å². The molecule has 8 nitrogen and oxygen atoms in total. The van der Waals surface area contributed by atoms with Gasteiger partial charge in [-0.25, -0.2) is 4.98 Å². The summed E-state index contributed by atoms with van der Waals surface area (Å²) in [5, 5.41) is 11.9. The van der Waals surface area contributed by atoms with Gasteiger partial charge in [0.15, 0.2) is 11.5 Å². The second kappa shape index (κ2) is 6.25. The lowest BCUT2D eigenvalue weighted by atomic mass is 9.62. The lowest BCUT2D eigenvalue weighted by molar-refractivity contribution is 0.0718. The molecule has 3 aromatic heterocycles. The molecule has 144 valence electrons. The van der Waals surface area contributed by atoms with E-state index in [2.05, 4.69) is 20.3 Å². The zero-order chi connectivity index (χ0) is 19.3. The predicted molar refractivity (Wildman–Crippen MR) is 102 cm³/mol. The van der Waals surface area contributed by atoms with Crippen LogP contribution < -0.4 is 0 Å². The van der Waals surface area contributed by atoms with Crippen LogP contribution in [-0.4, -0.2) is 53.8 Å². The number of aromatic nitrogens is 6. The van der Waals surface area contributed by atoms with Gasteiger partial charge in [-0.2, -0.15) is 10.2 Å². The lowest BCUT2D eigenvalue weighted by Crippen LogP contribution is -2.38. The molecular formula is C20H23N7O. The van der Waals surface area contributed by atoms with Crippen molar-refractivity contribution in [3.8, 4) is 11.4 Å². The molecule has 5 rings (SSSR count). The highest BCUT2D eigenvalue weighted by atomic mass is 16.2. The molecule has 1 spiro atoms. The lowest BCUT2D eigenvalue weighted by Gasteiger charge is -2.41. The van der Waals surface area contributed by atoms with Crippen molar-refractivity contribution >= 4 is 5.91 Å². The van der Waals surface area contributed by atoms with E-state index in [1.807, 2.05) is 37.1 Å². The van der Waals surface area contributed by atoms with Gasteiger partial charge in [0.05, 0.1) is 0 Å². The summed E-state index contributed by atoms with van der Waals surface area (Å²) in [6, 6.07) is 5.67. The van der Waals surface area contributed by atoms with Gasteiger partial charge in [-0.15, -0.1) is 0 Å². The summed E-state index contributed by atoms with van der Waals surface area (Å²) in [4.78, 5) is 23.8. The van der Waals surface area contributed by atoms with Crippen LogP contribution in [0.1, 0.15) is 47.2 Å². The Morgan fingerprint density at radius 2 is 2.07 bits per heavy atom. The van der Waals surface area contributed by atoms with Gasteiger partial charge < -0.3 is 4.90 Å². The zero-order valence-electron chi connectivity index (χ0n) is 16.1. The molecule has 0 aromatic carbocycles. The molecule has 1 unspecified atom stereocenters. The molecule has 4 heterocycles. The Morgan fingerprint density at radius 3 is 2.71 bits per heavy atom. The summed E-state index contributed by atoms with van der Waals surface area (Å²) in [6.45, 7) is 3.37. The summed E-state index contributed by atoms with van der Waals surface area (Å²) in [7, 11) is 1.86. The summed E-state index contributed by atoms with van der Waals surface area (Å²) in [6.07, 6.45) is 6.92. The molecule has 2 aliphatic rings. The molecule has 1 aliphatic heterocycles. The van der Waals surface area contributed by atoms with Gasteiger partial charge in [-0.1, -0.05) is 6.42 Å². The molecule has 1 N–H and O–H groups in total. The number of amides is 1. The fourth-order valence-corrected chi connectivity index (χ4v) is 4.52. The van der Waals surface area contributed by atoms with E-state index >= 15 is 0 Å². The number of aromatic amines is 1. The Labute approximate surface area is 163 Å². The Bertz CT molecular complexity index is 999. The van der Waals surface area contributed by atoms with Crippen LogP contribution in [-0.2, 0) is 7.05 Å². The van der Waals surface area contributed by atoms with Crippen molar-refractivity contribution in [1.29, 1.82) is 0 Å². The Morgan fingerprint density at radius 1 is 1.29 bits per heavy atom. The molecule has 0 radical (unpaired) electrons. The maximum Gasteiger partial charge on any atom is 0.274 e. The molecule has 3 aromatic rings. The van der Waals surface area contributed by atoms with Crippen LogP contribution in [0.3, 0.4) is 0 Å². The monoisotopic (exact) mass is 377 g/mol. The maximum absolute atomic E-state index is 13.0. The van der Waals surface area contributed by atoms with Crippen molar-refractivity contribution in [2.75, 3.05) is 13.1 Å². The van der Waals surface area contributed by atoms with E-state index in [-0.39, 0.29) is 17.2 Å². The number of nitrogens with one attached hydrogen (secondary N) is 1. The molecule has 1 saturated carbocycles. The number of aryl methyl sites for hydroxylation is 2. The standard InChI is InChI=1S/C20H23N7O/c1-13-10-16(25-26(13)2)19(28)27-11-15(20(12-27)6-3-7-20)18-22-17(23-24-18)14-4-8-21-9-5-14/h4-5,8-10,15H,3,6-7,11-12H2,1-2H3,(H,22,23,24). The quantitative estimate of drug-likeness (QED) is 0.756. The van der Waals surface area contributed by atoms with Gasteiger partial charge >= 0.3 is 0 Å². The van der Waals surface area contributed by atoms with Crippen LogP contribution in [0.2, 0.25) is 0 Å². The van der Waals surface area contributed by atoms with E-state index in [9.17, 15) is 4.79 Å². The van der Waals surface area contributed by atoms with Crippen LogP contribution in [0.4, 0.5) is 0 Å². The van der Waals surface area contributed by atoms with Crippen molar-refractivity contribution < 1.29 is 4.79 Å². The minimum Gasteiger partial charge on any atom is -0.336 e. The first-order valence-corrected chi connectivity index (χ1v) is 9.68. The number of carbonyl (C=O) groups is 1. The van der Waals surface area contributed by atoms with E-state index in [4.69, 9.17) is 4.98 Å². The second-order valence-electron chi connectivity index (χ2n) is 8.03. The highest BCUT2D eigenvalue weighted by molar-refractivity contribution is 5.92. The van der Waals surface area contributed by atoms with Crippen molar-refractivity contribution in [2.45, 2.75) is 32.1 Å². The molecular weight excluding hydrogens is 354 g/mol. The fraction of sp³-hybridized carbons (Fsp3) is 0.450. The van der Waals surface area contributed by atoms with E-state index in [0.29, 0.717) is 18.1 Å². The first-order chi connectivity index (χ1) is 13.6. The average Bonchev–Trinajstić information content (AvgIpc) is 3.38. The van der Waals surface area contributed by atoms with Crippen LogP contribution in [0.15, 0.2) is 30.6 Å². The van der Waals surface area contributed by atoms with E-state index in [0.717, 1.165) is 36.5 Å². The Kier molecular flexibility index (Phi) is 3.82. The molecule has 1 atom stereocenters. The molecule has 2 fully saturated rings. The minimum atomic E-state index is 0.00588. The van der Waals surface area contributed by atoms with E-state index in [1.165, 1.54) is 6.42 Å². The van der Waals surface area contributed by atoms with Crippen LogP contribution in [0, 0.1) is 12.3 Å². The normalized spacial score (nSPS) is 20.5. The number of pyridine rings is 1. The maximum atomic E-state index is 13.0. The third-order valence-electron chi connectivity index (χ3n) is 6.39. The fourth-order valence-electron chi connectivity index (χ4n) is 4.52. The van der Waals surface area contributed by atoms with Gasteiger partial charge in [-0.3, -0.25) is 19.6 Å². The summed E-state index contributed by atoms with van der Waals surface area (Å²) in [5.41, 5.74) is 2.55. The smallest absolute Gasteiger partial charge is 0.274 e. The van der Waals surface area contributed by atoms with Gasteiger partial charge in [0.25, 0.3) is 5.91 Å². The third kappa shape index (κ3) is 2.63. The number of nitrogens with zero attached hydrogens (tertiary/aromatic N) is 6. The average molecular weight is 377 g/mol. The number of H-pyrrole nitrogens is 1. The van der Waals surface area contributed by atoms with E-state index in [1.54, 1.807) is 17.1 Å². The van der Waals surface area contributed by atoms with Crippen LogP contribution in [0.5, 0.6) is 0 Å². The van der Waals surface area contributed by atoms with Crippen molar-refractivity contribution in [2.24, 2.45) is 12.5 Å². The minimum absolute atomic E-state index is 0.00588. The van der Waals surface area contributed by atoms with Gasteiger partial charge in [0.1, 0.15) is 5.82 Å². The second-order valence-corrected chi connectivity index (χ2v) is 8.03. The SMILES string of the molecule is Cc1cc(C(=O)N2CC(c3nc(-c4ccncc4)n[nH]3)C3(CCC3)C2)nn1C. The highest BCUT2D eigenvalue weighted by Crippen LogP contribution is 2.55. The first-order valence-electron chi connectivity index (χ1n) is 9.68. The van der Waals surface area contributed by atoms with Crippen LogP contribution in [0.25, 0.3) is 11.4 Å². The van der Waals surface area contributed by atoms with Gasteiger partial charge in [0, 0.05) is 49.7 Å². The molecule has 1 amide bonds. The summed E-state index contributed by atoms with van der Waals surface area (Å²) >= 11 is 0. The highest BCUT2D eigenvalue weighted by Gasteiger charge is 2.53. The summed E-state index contributed by atoms with van der Waals surface area (Å²) < 4.78 is 1.75. The number of hydrogen-bond donors (Lipinski definition) is 1. The third-order valence-corrected chi connectivity index (χ3v) is 6.39. The first kappa shape index (κ1) is 17.1. The molecule has 0 bridgehead atoms. The summed E-state index contributed by atoms with van der Waals surface area (Å²) in [5.74, 6) is 1.74. The Balaban J connectivity index is 1.42. The molecule has 1 aliphatic carbocycles. The topological polar surface area (TPSA) is 92.6 Å².